The van der Waals surface area contributed by atoms with E-state index in [1.165, 1.54) is 18.3 Å². The molecule has 0 saturated carbocycles. The summed E-state index contributed by atoms with van der Waals surface area (Å²) in [5.41, 5.74) is 1.80. The Labute approximate surface area is 169 Å². The molecule has 27 heavy (non-hydrogen) atoms. The topological polar surface area (TPSA) is 73.2 Å². The van der Waals surface area contributed by atoms with Crippen molar-refractivity contribution in [2.75, 3.05) is 5.32 Å². The summed E-state index contributed by atoms with van der Waals surface area (Å²) >= 11 is 13.2. The van der Waals surface area contributed by atoms with E-state index >= 15 is 0 Å². The molecule has 2 aromatic heterocycles. The number of aromatic nitrogens is 2. The molecule has 3 aromatic rings. The predicted octanol–water partition coefficient (Wildman–Crippen LogP) is 4.64. The molecule has 0 aliphatic heterocycles. The van der Waals surface area contributed by atoms with Gasteiger partial charge in [-0.3, -0.25) is 10.1 Å². The molecule has 1 amide bonds. The SMILES string of the molecule is CC(OC(=O)c1cccn1C)C(=O)Nc1nc(-c2ccc(Cl)c(Cl)c2)cs1. The molecule has 0 saturated heterocycles. The lowest BCUT2D eigenvalue weighted by Gasteiger charge is -2.12. The molecule has 0 bridgehead atoms. The second kappa shape index (κ2) is 8.12. The molecule has 0 spiro atoms. The smallest absolute Gasteiger partial charge is 0.355 e. The summed E-state index contributed by atoms with van der Waals surface area (Å²) in [5.74, 6) is -1.03. The first-order valence-electron chi connectivity index (χ1n) is 7.89. The summed E-state index contributed by atoms with van der Waals surface area (Å²) < 4.78 is 6.83. The van der Waals surface area contributed by atoms with E-state index in [4.69, 9.17) is 27.9 Å². The molecule has 0 aliphatic carbocycles. The molecule has 1 N–H and O–H groups in total. The zero-order valence-corrected chi connectivity index (χ0v) is 16.7. The third kappa shape index (κ3) is 4.50. The lowest BCUT2D eigenvalue weighted by atomic mass is 10.2. The molecule has 1 aromatic carbocycles. The number of anilines is 1. The Morgan fingerprint density at radius 1 is 1.26 bits per heavy atom. The summed E-state index contributed by atoms with van der Waals surface area (Å²) in [4.78, 5) is 28.7. The zero-order valence-electron chi connectivity index (χ0n) is 14.4. The molecule has 0 fully saturated rings. The number of hydrogen-bond acceptors (Lipinski definition) is 5. The van der Waals surface area contributed by atoms with Crippen LogP contribution in [0.3, 0.4) is 0 Å². The molecule has 3 rings (SSSR count). The van der Waals surface area contributed by atoms with E-state index in [-0.39, 0.29) is 0 Å². The first kappa shape index (κ1) is 19.4. The average molecular weight is 424 g/mol. The molecule has 1 unspecified atom stereocenters. The van der Waals surface area contributed by atoms with Crippen molar-refractivity contribution in [3.8, 4) is 11.3 Å². The number of carbonyl (C=O) groups excluding carboxylic acids is 2. The van der Waals surface area contributed by atoms with Crippen LogP contribution in [0, 0.1) is 0 Å². The van der Waals surface area contributed by atoms with Gasteiger partial charge in [0.2, 0.25) is 0 Å². The number of aryl methyl sites for hydroxylation is 1. The average Bonchev–Trinajstić information content (AvgIpc) is 3.26. The summed E-state index contributed by atoms with van der Waals surface area (Å²) in [7, 11) is 1.72. The van der Waals surface area contributed by atoms with Crippen LogP contribution in [0.4, 0.5) is 5.13 Å². The maximum absolute atomic E-state index is 12.3. The normalized spacial score (nSPS) is 11.9. The van der Waals surface area contributed by atoms with Crippen molar-refractivity contribution in [1.29, 1.82) is 0 Å². The predicted molar refractivity (Wildman–Crippen MR) is 106 cm³/mol. The molecule has 0 aliphatic rings. The number of hydrogen-bond donors (Lipinski definition) is 1. The summed E-state index contributed by atoms with van der Waals surface area (Å²) in [6, 6.07) is 8.52. The van der Waals surface area contributed by atoms with Crippen molar-refractivity contribution in [2.45, 2.75) is 13.0 Å². The fourth-order valence-corrected chi connectivity index (χ4v) is 3.29. The number of ether oxygens (including phenoxy) is 1. The van der Waals surface area contributed by atoms with Crippen LogP contribution in [0.5, 0.6) is 0 Å². The van der Waals surface area contributed by atoms with Crippen LogP contribution in [-0.4, -0.2) is 27.5 Å². The third-order valence-electron chi connectivity index (χ3n) is 3.76. The first-order chi connectivity index (χ1) is 12.8. The van der Waals surface area contributed by atoms with E-state index in [1.54, 1.807) is 53.5 Å². The van der Waals surface area contributed by atoms with Crippen LogP contribution in [0.15, 0.2) is 41.9 Å². The van der Waals surface area contributed by atoms with Gasteiger partial charge in [-0.05, 0) is 31.2 Å². The Kier molecular flexibility index (Phi) is 5.84. The van der Waals surface area contributed by atoms with Gasteiger partial charge in [0, 0.05) is 24.2 Å². The van der Waals surface area contributed by atoms with Crippen LogP contribution >= 0.6 is 34.5 Å². The Morgan fingerprint density at radius 2 is 2.04 bits per heavy atom. The van der Waals surface area contributed by atoms with Crippen LogP contribution in [0.25, 0.3) is 11.3 Å². The summed E-state index contributed by atoms with van der Waals surface area (Å²) in [5, 5.41) is 5.71. The monoisotopic (exact) mass is 423 g/mol. The van der Waals surface area contributed by atoms with Gasteiger partial charge in [-0.25, -0.2) is 9.78 Å². The number of halogens is 2. The lowest BCUT2D eigenvalue weighted by molar-refractivity contribution is -0.123. The minimum Gasteiger partial charge on any atom is -0.448 e. The van der Waals surface area contributed by atoms with Gasteiger partial charge in [0.15, 0.2) is 11.2 Å². The van der Waals surface area contributed by atoms with Gasteiger partial charge in [0.25, 0.3) is 5.91 Å². The summed E-state index contributed by atoms with van der Waals surface area (Å²) in [6.07, 6.45) is 0.756. The van der Waals surface area contributed by atoms with Gasteiger partial charge in [-0.1, -0.05) is 29.3 Å². The van der Waals surface area contributed by atoms with Gasteiger partial charge in [-0.2, -0.15) is 0 Å². The number of nitrogens with zero attached hydrogens (tertiary/aromatic N) is 2. The highest BCUT2D eigenvalue weighted by atomic mass is 35.5. The minimum absolute atomic E-state index is 0.366. The maximum atomic E-state index is 12.3. The highest BCUT2D eigenvalue weighted by Gasteiger charge is 2.21. The minimum atomic E-state index is -0.968. The fourth-order valence-electron chi connectivity index (χ4n) is 2.27. The number of nitrogens with one attached hydrogen (secondary N) is 1. The van der Waals surface area contributed by atoms with Crippen molar-refractivity contribution in [3.05, 3.63) is 57.6 Å². The van der Waals surface area contributed by atoms with Gasteiger partial charge in [0.05, 0.1) is 15.7 Å². The summed E-state index contributed by atoms with van der Waals surface area (Å²) in [6.45, 7) is 1.50. The zero-order chi connectivity index (χ0) is 19.6. The van der Waals surface area contributed by atoms with Crippen LogP contribution < -0.4 is 5.32 Å². The number of amides is 1. The molecule has 140 valence electrons. The standard InChI is InChI=1S/C18H15Cl2N3O3S/c1-10(26-17(25)15-4-3-7-23(15)2)16(24)22-18-21-14(9-27-18)11-5-6-12(19)13(20)8-11/h3-10H,1-2H3,(H,21,22,24). The van der Waals surface area contributed by atoms with Crippen molar-refractivity contribution >= 4 is 51.5 Å². The first-order valence-corrected chi connectivity index (χ1v) is 9.53. The number of esters is 1. The molecule has 9 heteroatoms. The Morgan fingerprint density at radius 3 is 2.70 bits per heavy atom. The van der Waals surface area contributed by atoms with E-state index < -0.39 is 18.0 Å². The van der Waals surface area contributed by atoms with E-state index in [1.807, 2.05) is 0 Å². The van der Waals surface area contributed by atoms with E-state index in [0.717, 1.165) is 5.56 Å². The molecule has 6 nitrogen and oxygen atoms in total. The largest absolute Gasteiger partial charge is 0.448 e. The Balaban J connectivity index is 1.64. The van der Waals surface area contributed by atoms with Gasteiger partial charge in [-0.15, -0.1) is 11.3 Å². The fraction of sp³-hybridized carbons (Fsp3) is 0.167. The van der Waals surface area contributed by atoms with Crippen LogP contribution in [0.2, 0.25) is 10.0 Å². The van der Waals surface area contributed by atoms with Gasteiger partial charge >= 0.3 is 5.97 Å². The van der Waals surface area contributed by atoms with Crippen molar-refractivity contribution < 1.29 is 14.3 Å². The Bertz CT molecular complexity index is 999. The highest BCUT2D eigenvalue weighted by molar-refractivity contribution is 7.14. The molecular weight excluding hydrogens is 409 g/mol. The van der Waals surface area contributed by atoms with Gasteiger partial charge < -0.3 is 9.30 Å². The highest BCUT2D eigenvalue weighted by Crippen LogP contribution is 2.30. The number of benzene rings is 1. The molecule has 0 radical (unpaired) electrons. The van der Waals surface area contributed by atoms with Crippen molar-refractivity contribution in [3.63, 3.8) is 0 Å². The molecular formula is C18H15Cl2N3O3S. The number of thiazole rings is 1. The third-order valence-corrected chi connectivity index (χ3v) is 5.25. The van der Waals surface area contributed by atoms with Crippen molar-refractivity contribution in [1.82, 2.24) is 9.55 Å². The lowest BCUT2D eigenvalue weighted by Crippen LogP contribution is -2.30. The molecule has 1 atom stereocenters. The second-order valence-corrected chi connectivity index (χ2v) is 7.38. The quantitative estimate of drug-likeness (QED) is 0.606. The number of carbonyl (C=O) groups is 2. The second-order valence-electron chi connectivity index (χ2n) is 5.71. The number of rotatable bonds is 5. The Hall–Kier alpha value is -2.35. The van der Waals surface area contributed by atoms with E-state index in [9.17, 15) is 9.59 Å². The van der Waals surface area contributed by atoms with E-state index in [2.05, 4.69) is 10.3 Å². The van der Waals surface area contributed by atoms with E-state index in [0.29, 0.717) is 26.6 Å². The molecule has 2 heterocycles. The van der Waals surface area contributed by atoms with Crippen molar-refractivity contribution in [2.24, 2.45) is 7.05 Å². The van der Waals surface area contributed by atoms with Gasteiger partial charge in [0.1, 0.15) is 5.69 Å². The van der Waals surface area contributed by atoms with Crippen LogP contribution in [-0.2, 0) is 16.6 Å². The maximum Gasteiger partial charge on any atom is 0.355 e. The van der Waals surface area contributed by atoms with Crippen LogP contribution in [0.1, 0.15) is 17.4 Å².